The number of aromatic nitrogens is 1. The van der Waals surface area contributed by atoms with Gasteiger partial charge in [0.05, 0.1) is 16.9 Å². The van der Waals surface area contributed by atoms with Crippen LogP contribution >= 0.6 is 0 Å². The maximum Gasteiger partial charge on any atom is 0.103 e. The summed E-state index contributed by atoms with van der Waals surface area (Å²) in [5.41, 5.74) is 3.47. The Labute approximate surface area is 116 Å². The highest BCUT2D eigenvalue weighted by atomic mass is 14.9. The molecule has 0 aliphatic heterocycles. The molecule has 1 aromatic rings. The lowest BCUT2D eigenvalue weighted by Crippen LogP contribution is -2.27. The van der Waals surface area contributed by atoms with E-state index < -0.39 is 0 Å². The molecule has 0 radical (unpaired) electrons. The van der Waals surface area contributed by atoms with Gasteiger partial charge >= 0.3 is 0 Å². The Morgan fingerprint density at radius 3 is 2.89 bits per heavy atom. The molecule has 0 saturated heterocycles. The van der Waals surface area contributed by atoms with Gasteiger partial charge in [0.25, 0.3) is 0 Å². The van der Waals surface area contributed by atoms with Crippen molar-refractivity contribution in [2.24, 2.45) is 5.92 Å². The zero-order valence-electron chi connectivity index (χ0n) is 12.2. The second kappa shape index (κ2) is 6.06. The van der Waals surface area contributed by atoms with Crippen LogP contribution in [0.1, 0.15) is 56.0 Å². The molecule has 2 unspecified atom stereocenters. The van der Waals surface area contributed by atoms with Gasteiger partial charge in [-0.3, -0.25) is 4.98 Å². The first-order valence-electron chi connectivity index (χ1n) is 7.29. The summed E-state index contributed by atoms with van der Waals surface area (Å²) in [6.07, 6.45) is 6.34. The quantitative estimate of drug-likeness (QED) is 0.892. The molecule has 1 heterocycles. The van der Waals surface area contributed by atoms with Gasteiger partial charge in [-0.25, -0.2) is 0 Å². The largest absolute Gasteiger partial charge is 0.381 e. The molecule has 0 aromatic carbocycles. The summed E-state index contributed by atoms with van der Waals surface area (Å²) in [5.74, 6) is 0.834. The number of aryl methyl sites for hydroxylation is 2. The molecule has 1 aromatic heterocycles. The number of nitrogens with zero attached hydrogens (tertiary/aromatic N) is 2. The van der Waals surface area contributed by atoms with Crippen LogP contribution < -0.4 is 5.32 Å². The molecule has 2 rings (SSSR count). The summed E-state index contributed by atoms with van der Waals surface area (Å²) < 4.78 is 0. The smallest absolute Gasteiger partial charge is 0.103 e. The normalized spacial score (nSPS) is 22.8. The second-order valence-corrected chi connectivity index (χ2v) is 5.67. The van der Waals surface area contributed by atoms with Gasteiger partial charge in [-0.05, 0) is 38.7 Å². The van der Waals surface area contributed by atoms with Crippen LogP contribution in [0, 0.1) is 31.1 Å². The van der Waals surface area contributed by atoms with Gasteiger partial charge in [0.15, 0.2) is 0 Å². The van der Waals surface area contributed by atoms with Crippen molar-refractivity contribution >= 4 is 5.69 Å². The van der Waals surface area contributed by atoms with Crippen LogP contribution in [-0.2, 0) is 0 Å². The number of nitriles is 1. The number of hydrogen-bond donors (Lipinski definition) is 1. The van der Waals surface area contributed by atoms with Crippen LogP contribution in [0.25, 0.3) is 0 Å². The molecular weight excluding hydrogens is 234 g/mol. The summed E-state index contributed by atoms with van der Waals surface area (Å²) in [7, 11) is 0. The highest BCUT2D eigenvalue weighted by Gasteiger charge is 2.21. The van der Waals surface area contributed by atoms with Crippen molar-refractivity contribution in [1.29, 1.82) is 5.26 Å². The van der Waals surface area contributed by atoms with Crippen LogP contribution in [0.4, 0.5) is 5.69 Å². The van der Waals surface area contributed by atoms with E-state index in [0.29, 0.717) is 11.6 Å². The molecule has 1 N–H and O–H groups in total. The molecule has 102 valence electrons. The van der Waals surface area contributed by atoms with Crippen molar-refractivity contribution in [3.8, 4) is 6.07 Å². The minimum Gasteiger partial charge on any atom is -0.381 e. The lowest BCUT2D eigenvalue weighted by molar-refractivity contribution is 0.327. The van der Waals surface area contributed by atoms with E-state index in [2.05, 4.69) is 23.3 Å². The predicted octanol–water partition coefficient (Wildman–Crippen LogP) is 3.95. The summed E-state index contributed by atoms with van der Waals surface area (Å²) in [6, 6.07) is 4.79. The van der Waals surface area contributed by atoms with Gasteiger partial charge in [-0.2, -0.15) is 5.26 Å². The van der Waals surface area contributed by atoms with E-state index >= 15 is 0 Å². The Morgan fingerprint density at radius 2 is 2.21 bits per heavy atom. The Kier molecular flexibility index (Phi) is 4.42. The molecule has 3 nitrogen and oxygen atoms in total. The van der Waals surface area contributed by atoms with Crippen molar-refractivity contribution < 1.29 is 0 Å². The number of rotatable bonds is 3. The fourth-order valence-electron chi connectivity index (χ4n) is 3.10. The molecule has 1 aliphatic rings. The molecule has 3 heteroatoms. The SMILES string of the molecule is CCC1CCCC(Nc2cc(C)nc(C)c2C#N)C1. The summed E-state index contributed by atoms with van der Waals surface area (Å²) >= 11 is 0. The Morgan fingerprint density at radius 1 is 1.42 bits per heavy atom. The van der Waals surface area contributed by atoms with E-state index in [1.807, 2.05) is 19.9 Å². The first kappa shape index (κ1) is 13.9. The lowest BCUT2D eigenvalue weighted by atomic mass is 9.84. The Hall–Kier alpha value is -1.56. The van der Waals surface area contributed by atoms with Crippen molar-refractivity contribution in [3.63, 3.8) is 0 Å². The monoisotopic (exact) mass is 257 g/mol. The minimum atomic E-state index is 0.506. The number of anilines is 1. The van der Waals surface area contributed by atoms with Gasteiger partial charge in [-0.1, -0.05) is 26.2 Å². The van der Waals surface area contributed by atoms with Crippen LogP contribution in [-0.4, -0.2) is 11.0 Å². The summed E-state index contributed by atoms with van der Waals surface area (Å²) in [5, 5.41) is 12.9. The number of pyridine rings is 1. The maximum atomic E-state index is 9.29. The molecule has 19 heavy (non-hydrogen) atoms. The molecular formula is C16H23N3. The van der Waals surface area contributed by atoms with E-state index in [1.54, 1.807) is 0 Å². The van der Waals surface area contributed by atoms with Crippen molar-refractivity contribution in [1.82, 2.24) is 4.98 Å². The predicted molar refractivity (Wildman–Crippen MR) is 78.1 cm³/mol. The Bertz CT molecular complexity index is 488. The molecule has 0 amide bonds. The highest BCUT2D eigenvalue weighted by molar-refractivity contribution is 5.60. The molecule has 0 bridgehead atoms. The van der Waals surface area contributed by atoms with Gasteiger partial charge < -0.3 is 5.32 Å². The third-order valence-electron chi connectivity index (χ3n) is 4.16. The zero-order valence-corrected chi connectivity index (χ0v) is 12.2. The second-order valence-electron chi connectivity index (χ2n) is 5.67. The van der Waals surface area contributed by atoms with Gasteiger partial charge in [-0.15, -0.1) is 0 Å². The van der Waals surface area contributed by atoms with E-state index in [0.717, 1.165) is 23.0 Å². The fraction of sp³-hybridized carbons (Fsp3) is 0.625. The van der Waals surface area contributed by atoms with Gasteiger partial charge in [0, 0.05) is 11.7 Å². The Balaban J connectivity index is 2.17. The van der Waals surface area contributed by atoms with Gasteiger partial charge in [0.1, 0.15) is 6.07 Å². The number of hydrogen-bond acceptors (Lipinski definition) is 3. The zero-order chi connectivity index (χ0) is 13.8. The molecule has 1 saturated carbocycles. The standard InChI is InChI=1S/C16H23N3/c1-4-13-6-5-7-14(9-13)19-16-8-11(2)18-12(3)15(16)10-17/h8,13-14H,4-7,9H2,1-3H3,(H,18,19). The van der Waals surface area contributed by atoms with Gasteiger partial charge in [0.2, 0.25) is 0 Å². The summed E-state index contributed by atoms with van der Waals surface area (Å²) in [6.45, 7) is 6.16. The van der Waals surface area contributed by atoms with Crippen molar-refractivity contribution in [2.75, 3.05) is 5.32 Å². The molecule has 0 spiro atoms. The first-order valence-corrected chi connectivity index (χ1v) is 7.29. The fourth-order valence-corrected chi connectivity index (χ4v) is 3.10. The maximum absolute atomic E-state index is 9.29. The third-order valence-corrected chi connectivity index (χ3v) is 4.16. The lowest BCUT2D eigenvalue weighted by Gasteiger charge is -2.30. The molecule has 1 aliphatic carbocycles. The number of nitrogens with one attached hydrogen (secondary N) is 1. The van der Waals surface area contributed by atoms with E-state index in [1.165, 1.54) is 32.1 Å². The average molecular weight is 257 g/mol. The highest BCUT2D eigenvalue weighted by Crippen LogP contribution is 2.30. The van der Waals surface area contributed by atoms with E-state index in [4.69, 9.17) is 0 Å². The van der Waals surface area contributed by atoms with Crippen LogP contribution in [0.3, 0.4) is 0 Å². The van der Waals surface area contributed by atoms with Crippen LogP contribution in [0.5, 0.6) is 0 Å². The minimum absolute atomic E-state index is 0.506. The van der Waals surface area contributed by atoms with Crippen LogP contribution in [0.15, 0.2) is 6.07 Å². The molecule has 1 fully saturated rings. The van der Waals surface area contributed by atoms with Crippen LogP contribution in [0.2, 0.25) is 0 Å². The molecule has 2 atom stereocenters. The van der Waals surface area contributed by atoms with E-state index in [9.17, 15) is 5.26 Å². The third kappa shape index (κ3) is 3.26. The van der Waals surface area contributed by atoms with Crippen molar-refractivity contribution in [2.45, 2.75) is 58.9 Å². The summed E-state index contributed by atoms with van der Waals surface area (Å²) in [4.78, 5) is 4.37. The van der Waals surface area contributed by atoms with Crippen molar-refractivity contribution in [3.05, 3.63) is 23.0 Å². The van der Waals surface area contributed by atoms with E-state index in [-0.39, 0.29) is 0 Å². The average Bonchev–Trinajstić information content (AvgIpc) is 2.38. The topological polar surface area (TPSA) is 48.7 Å². The first-order chi connectivity index (χ1) is 9.13.